The van der Waals surface area contributed by atoms with Crippen molar-refractivity contribution in [3.8, 4) is 0 Å². The predicted octanol–water partition coefficient (Wildman–Crippen LogP) is 0.337. The van der Waals surface area contributed by atoms with E-state index in [1.54, 1.807) is 0 Å². The number of cyclic esters (lactones) is 1. The second-order valence-corrected chi connectivity index (χ2v) is 2.21. The highest BCUT2D eigenvalue weighted by Crippen LogP contribution is 2.08. The largest absolute Gasteiger partial charge is 0.458 e. The van der Waals surface area contributed by atoms with E-state index in [1.165, 1.54) is 0 Å². The fourth-order valence-corrected chi connectivity index (χ4v) is 0.672. The summed E-state index contributed by atoms with van der Waals surface area (Å²) in [5.74, 6) is -0.263. The van der Waals surface area contributed by atoms with E-state index in [0.29, 0.717) is 0 Å². The van der Waals surface area contributed by atoms with Crippen LogP contribution in [-0.4, -0.2) is 24.8 Å². The number of ether oxygens (including phenoxy) is 2. The van der Waals surface area contributed by atoms with Crippen LogP contribution >= 0.6 is 0 Å². The third kappa shape index (κ3) is 1.42. The molecule has 1 saturated heterocycles. The summed E-state index contributed by atoms with van der Waals surface area (Å²) in [5.41, 5.74) is 0. The van der Waals surface area contributed by atoms with Crippen LogP contribution < -0.4 is 0 Å². The number of hydrogen-bond donors (Lipinski definition) is 0. The van der Waals surface area contributed by atoms with Gasteiger partial charge in [0.1, 0.15) is 12.7 Å². The van der Waals surface area contributed by atoms with Gasteiger partial charge in [0, 0.05) is 0 Å². The predicted molar refractivity (Wildman–Crippen MR) is 31.0 cm³/mol. The smallest absolute Gasteiger partial charge is 0.332 e. The van der Waals surface area contributed by atoms with Crippen molar-refractivity contribution in [3.63, 3.8) is 0 Å². The van der Waals surface area contributed by atoms with Gasteiger partial charge >= 0.3 is 5.97 Å². The van der Waals surface area contributed by atoms with Gasteiger partial charge in [-0.1, -0.05) is 0 Å². The lowest BCUT2D eigenvalue weighted by atomic mass is 10.2. The van der Waals surface area contributed by atoms with Crippen LogP contribution in [0.3, 0.4) is 0 Å². The highest BCUT2D eigenvalue weighted by Gasteiger charge is 2.23. The molecule has 9 heavy (non-hydrogen) atoms. The molecule has 1 heterocycles. The highest BCUT2D eigenvalue weighted by atomic mass is 16.6. The molecule has 0 spiro atoms. The average molecular weight is 130 g/mol. The van der Waals surface area contributed by atoms with Crippen LogP contribution in [0.2, 0.25) is 0 Å². The minimum absolute atomic E-state index is 0.0442. The molecule has 3 heteroatoms. The van der Waals surface area contributed by atoms with Crippen molar-refractivity contribution in [2.24, 2.45) is 0 Å². The molecular weight excluding hydrogens is 120 g/mol. The van der Waals surface area contributed by atoms with Gasteiger partial charge in [-0.2, -0.15) is 0 Å². The molecule has 52 valence electrons. The maximum atomic E-state index is 10.5. The zero-order chi connectivity index (χ0) is 6.85. The van der Waals surface area contributed by atoms with Crippen molar-refractivity contribution >= 4 is 5.97 Å². The van der Waals surface area contributed by atoms with E-state index in [0.717, 1.165) is 0 Å². The van der Waals surface area contributed by atoms with E-state index in [1.807, 2.05) is 13.8 Å². The van der Waals surface area contributed by atoms with E-state index in [4.69, 9.17) is 9.47 Å². The fraction of sp³-hybridized carbons (Fsp3) is 0.833. The van der Waals surface area contributed by atoms with Gasteiger partial charge in [-0.3, -0.25) is 0 Å². The summed E-state index contributed by atoms with van der Waals surface area (Å²) in [6.45, 7) is 3.81. The van der Waals surface area contributed by atoms with E-state index >= 15 is 0 Å². The first-order valence-electron chi connectivity index (χ1n) is 3.01. The Hall–Kier alpha value is -0.570. The topological polar surface area (TPSA) is 35.5 Å². The molecule has 0 saturated carbocycles. The molecule has 1 aliphatic rings. The molecule has 0 aromatic rings. The molecule has 3 nitrogen and oxygen atoms in total. The number of hydrogen-bond acceptors (Lipinski definition) is 3. The molecule has 0 bridgehead atoms. The normalized spacial score (nSPS) is 36.0. The average Bonchev–Trinajstić information content (AvgIpc) is 1.80. The van der Waals surface area contributed by atoms with Gasteiger partial charge in [-0.05, 0) is 13.8 Å². The molecule has 0 aromatic heterocycles. The van der Waals surface area contributed by atoms with Gasteiger partial charge in [0.25, 0.3) is 0 Å². The van der Waals surface area contributed by atoms with Crippen molar-refractivity contribution in [3.05, 3.63) is 0 Å². The maximum absolute atomic E-state index is 10.5. The summed E-state index contributed by atoms with van der Waals surface area (Å²) in [7, 11) is 0. The first kappa shape index (κ1) is 6.55. The number of esters is 1. The Labute approximate surface area is 53.9 Å². The van der Waals surface area contributed by atoms with Crippen LogP contribution in [0.25, 0.3) is 0 Å². The third-order valence-corrected chi connectivity index (χ3v) is 1.44. The molecule has 2 atom stereocenters. The maximum Gasteiger partial charge on any atom is 0.332 e. The van der Waals surface area contributed by atoms with Gasteiger partial charge in [0.05, 0.1) is 6.10 Å². The molecule has 1 aliphatic heterocycles. The molecule has 0 aromatic carbocycles. The Kier molecular flexibility index (Phi) is 1.71. The van der Waals surface area contributed by atoms with Crippen molar-refractivity contribution in [1.29, 1.82) is 0 Å². The minimum Gasteiger partial charge on any atom is -0.458 e. The third-order valence-electron chi connectivity index (χ3n) is 1.44. The molecule has 0 aliphatic carbocycles. The van der Waals surface area contributed by atoms with Crippen molar-refractivity contribution in [2.45, 2.75) is 26.1 Å². The summed E-state index contributed by atoms with van der Waals surface area (Å²) in [6, 6.07) is 0. The summed E-state index contributed by atoms with van der Waals surface area (Å²) in [5, 5.41) is 0. The van der Waals surface area contributed by atoms with E-state index in [-0.39, 0.29) is 24.8 Å². The number of rotatable bonds is 0. The van der Waals surface area contributed by atoms with E-state index in [2.05, 4.69) is 0 Å². The Bertz CT molecular complexity index is 121. The van der Waals surface area contributed by atoms with Crippen LogP contribution in [-0.2, 0) is 14.3 Å². The van der Waals surface area contributed by atoms with Gasteiger partial charge in [0.2, 0.25) is 0 Å². The second kappa shape index (κ2) is 2.35. The Morgan fingerprint density at radius 1 is 1.44 bits per heavy atom. The summed E-state index contributed by atoms with van der Waals surface area (Å²) < 4.78 is 9.86. The van der Waals surface area contributed by atoms with Crippen LogP contribution in [0.1, 0.15) is 13.8 Å². The molecule has 0 unspecified atom stereocenters. The van der Waals surface area contributed by atoms with Crippen LogP contribution in [0.5, 0.6) is 0 Å². The summed E-state index contributed by atoms with van der Waals surface area (Å²) in [6.07, 6.45) is -0.0473. The van der Waals surface area contributed by atoms with Crippen LogP contribution in [0, 0.1) is 0 Å². The first-order valence-corrected chi connectivity index (χ1v) is 3.01. The zero-order valence-corrected chi connectivity index (χ0v) is 5.59. The Morgan fingerprint density at radius 3 is 2.56 bits per heavy atom. The highest BCUT2D eigenvalue weighted by molar-refractivity contribution is 5.71. The summed E-state index contributed by atoms with van der Waals surface area (Å²) in [4.78, 5) is 10.5. The monoisotopic (exact) mass is 130 g/mol. The molecule has 0 amide bonds. The van der Waals surface area contributed by atoms with Crippen molar-refractivity contribution in [2.75, 3.05) is 6.61 Å². The van der Waals surface area contributed by atoms with E-state index < -0.39 is 0 Å². The standard InChI is InChI=1S/C6H10O3/c1-4-5(2)9-6(7)3-8-4/h4-5H,3H2,1-2H3/t4-,5+/m1/s1. The van der Waals surface area contributed by atoms with Crippen molar-refractivity contribution < 1.29 is 14.3 Å². The van der Waals surface area contributed by atoms with Crippen LogP contribution in [0.15, 0.2) is 0 Å². The van der Waals surface area contributed by atoms with Gasteiger partial charge < -0.3 is 9.47 Å². The number of carbonyl (C=O) groups excluding carboxylic acids is 1. The van der Waals surface area contributed by atoms with Gasteiger partial charge in [0.15, 0.2) is 0 Å². The molecular formula is C6H10O3. The molecule has 1 fully saturated rings. The molecule has 0 N–H and O–H groups in total. The summed E-state index contributed by atoms with van der Waals surface area (Å²) >= 11 is 0. The quantitative estimate of drug-likeness (QED) is 0.443. The van der Waals surface area contributed by atoms with Gasteiger partial charge in [-0.15, -0.1) is 0 Å². The van der Waals surface area contributed by atoms with Crippen LogP contribution in [0.4, 0.5) is 0 Å². The lowest BCUT2D eigenvalue weighted by Crippen LogP contribution is -2.37. The Morgan fingerprint density at radius 2 is 2.11 bits per heavy atom. The lowest BCUT2D eigenvalue weighted by molar-refractivity contribution is -0.178. The lowest BCUT2D eigenvalue weighted by Gasteiger charge is -2.25. The SMILES string of the molecule is C[C@@H]1OC(=O)CO[C@@H]1C. The Balaban J connectivity index is 2.44. The molecule has 1 rings (SSSR count). The van der Waals surface area contributed by atoms with E-state index in [9.17, 15) is 4.79 Å². The fourth-order valence-electron chi connectivity index (χ4n) is 0.672. The first-order chi connectivity index (χ1) is 4.20. The second-order valence-electron chi connectivity index (χ2n) is 2.21. The zero-order valence-electron chi connectivity index (χ0n) is 5.59. The van der Waals surface area contributed by atoms with Gasteiger partial charge in [-0.25, -0.2) is 4.79 Å². The minimum atomic E-state index is -0.263. The molecule has 0 radical (unpaired) electrons. The van der Waals surface area contributed by atoms with Crippen molar-refractivity contribution in [1.82, 2.24) is 0 Å². The number of carbonyl (C=O) groups is 1.